The van der Waals surface area contributed by atoms with Crippen LogP contribution in [0.3, 0.4) is 0 Å². The van der Waals surface area contributed by atoms with Gasteiger partial charge in [-0.15, -0.1) is 0 Å². The molecular weight excluding hydrogens is 466 g/mol. The number of carbonyl (C=O) groups excluding carboxylic acids is 4. The second-order valence-corrected chi connectivity index (χ2v) is 6.74. The molecule has 0 aliphatic carbocycles. The van der Waals surface area contributed by atoms with Crippen LogP contribution in [0.25, 0.3) is 0 Å². The van der Waals surface area contributed by atoms with Crippen LogP contribution in [-0.4, -0.2) is 105 Å². The number of carbonyl (C=O) groups is 4. The highest BCUT2D eigenvalue weighted by atomic mass is 16.7. The molecule has 1 aromatic heterocycles. The number of likely N-dealkylation sites (N-methyl/N-ethyl adjacent to an activating group) is 2. The van der Waals surface area contributed by atoms with Gasteiger partial charge >= 0.3 is 17.9 Å². The van der Waals surface area contributed by atoms with E-state index in [1.54, 1.807) is 34.9 Å². The summed E-state index contributed by atoms with van der Waals surface area (Å²) in [7, 11) is 4.85. The van der Waals surface area contributed by atoms with E-state index in [9.17, 15) is 19.2 Å². The lowest BCUT2D eigenvalue weighted by atomic mass is 10.3. The second-order valence-electron chi connectivity index (χ2n) is 6.74. The zero-order valence-corrected chi connectivity index (χ0v) is 21.1. The van der Waals surface area contributed by atoms with Crippen molar-refractivity contribution in [2.45, 2.75) is 33.1 Å². The summed E-state index contributed by atoms with van der Waals surface area (Å²) in [4.78, 5) is 48.0. The molecule has 0 aromatic carbocycles. The van der Waals surface area contributed by atoms with E-state index in [-0.39, 0.29) is 18.5 Å². The van der Waals surface area contributed by atoms with E-state index in [0.717, 1.165) is 0 Å². The summed E-state index contributed by atoms with van der Waals surface area (Å²) in [6.07, 6.45) is 1.47. The molecule has 35 heavy (non-hydrogen) atoms. The SMILES string of the molecule is CCOC(=O)C(NC)C1OCCO1.CCOC(=O)CN(C)C=O.CCOC(=O)c1cnc(N)n1C. The monoisotopic (exact) mass is 503 g/mol. The smallest absolute Gasteiger partial charge is 0.356 e. The van der Waals surface area contributed by atoms with E-state index >= 15 is 0 Å². The standard InChI is InChI=1S/C8H15NO4.C7H11N3O2.C6H11NO3/c1-3-11-7(10)6(9-2)8-12-4-5-13-8;1-3-12-6(11)5-4-9-7(8)10(5)2;1-3-10-6(9)4-7(2)5-8/h6,8-9H,3-5H2,1-2H3;4H,3H2,1-2H3,(H2,8,9);5H,3-4H2,1-2H3. The van der Waals surface area contributed by atoms with Crippen LogP contribution in [0.1, 0.15) is 31.3 Å². The highest BCUT2D eigenvalue weighted by molar-refractivity contribution is 5.87. The number of aromatic nitrogens is 2. The topological polar surface area (TPSA) is 174 Å². The van der Waals surface area contributed by atoms with E-state index < -0.39 is 18.3 Å². The van der Waals surface area contributed by atoms with Gasteiger partial charge in [0.15, 0.2) is 12.3 Å². The van der Waals surface area contributed by atoms with E-state index in [2.05, 4.69) is 15.0 Å². The summed E-state index contributed by atoms with van der Waals surface area (Å²) in [5.74, 6) is -0.809. The molecule has 1 saturated heterocycles. The van der Waals surface area contributed by atoms with Crippen molar-refractivity contribution in [1.29, 1.82) is 0 Å². The Balaban J connectivity index is 0.000000501. The largest absolute Gasteiger partial charge is 0.465 e. The van der Waals surface area contributed by atoms with Crippen LogP contribution >= 0.6 is 0 Å². The van der Waals surface area contributed by atoms with Gasteiger partial charge in [0.25, 0.3) is 0 Å². The van der Waals surface area contributed by atoms with Crippen molar-refractivity contribution in [3.8, 4) is 0 Å². The first kappa shape index (κ1) is 31.8. The Morgan fingerprint density at radius 3 is 2.20 bits per heavy atom. The number of nitrogens with two attached hydrogens (primary N) is 1. The molecule has 0 bridgehead atoms. The van der Waals surface area contributed by atoms with Crippen LogP contribution in [0, 0.1) is 0 Å². The lowest BCUT2D eigenvalue weighted by Gasteiger charge is -2.19. The molecule has 1 unspecified atom stereocenters. The third kappa shape index (κ3) is 12.2. The minimum Gasteiger partial charge on any atom is -0.465 e. The number of nitrogens with zero attached hydrogens (tertiary/aromatic N) is 3. The fourth-order valence-corrected chi connectivity index (χ4v) is 2.43. The molecule has 0 spiro atoms. The first-order valence-electron chi connectivity index (χ1n) is 11.0. The maximum atomic E-state index is 11.3. The highest BCUT2D eigenvalue weighted by Crippen LogP contribution is 2.09. The molecule has 0 saturated carbocycles. The Morgan fingerprint density at radius 1 is 1.20 bits per heavy atom. The van der Waals surface area contributed by atoms with E-state index in [1.807, 2.05) is 0 Å². The summed E-state index contributed by atoms with van der Waals surface area (Å²) in [6.45, 7) is 7.39. The van der Waals surface area contributed by atoms with Crippen molar-refractivity contribution in [3.63, 3.8) is 0 Å². The number of anilines is 1. The Hall–Kier alpha value is -3.23. The first-order chi connectivity index (χ1) is 16.7. The minimum atomic E-state index is -0.526. The van der Waals surface area contributed by atoms with Crippen LogP contribution in [0.15, 0.2) is 6.20 Å². The number of hydrogen-bond acceptors (Lipinski definition) is 12. The molecule has 1 aliphatic rings. The average Bonchev–Trinajstić information content (AvgIpc) is 3.46. The highest BCUT2D eigenvalue weighted by Gasteiger charge is 2.32. The number of imidazole rings is 1. The molecule has 1 amide bonds. The van der Waals surface area contributed by atoms with Crippen molar-refractivity contribution >= 4 is 30.3 Å². The summed E-state index contributed by atoms with van der Waals surface area (Å²) < 4.78 is 26.0. The van der Waals surface area contributed by atoms with Crippen LogP contribution in [0.5, 0.6) is 0 Å². The third-order valence-corrected chi connectivity index (χ3v) is 4.14. The molecule has 14 nitrogen and oxygen atoms in total. The molecule has 14 heteroatoms. The maximum absolute atomic E-state index is 11.3. The molecule has 3 N–H and O–H groups in total. The summed E-state index contributed by atoms with van der Waals surface area (Å²) >= 11 is 0. The van der Waals surface area contributed by atoms with Crippen molar-refractivity contribution in [3.05, 3.63) is 11.9 Å². The molecule has 2 rings (SSSR count). The van der Waals surface area contributed by atoms with Crippen molar-refractivity contribution in [2.75, 3.05) is 59.4 Å². The Labute approximate surface area is 205 Å². The molecular formula is C21H37N5O9. The Bertz CT molecular complexity index is 781. The Morgan fingerprint density at radius 2 is 1.77 bits per heavy atom. The molecule has 1 aromatic rings. The average molecular weight is 504 g/mol. The lowest BCUT2D eigenvalue weighted by Crippen LogP contribution is -2.45. The molecule has 1 atom stereocenters. The van der Waals surface area contributed by atoms with Crippen molar-refractivity contribution in [2.24, 2.45) is 7.05 Å². The van der Waals surface area contributed by atoms with Gasteiger partial charge in [0.1, 0.15) is 12.2 Å². The number of hydrogen-bond donors (Lipinski definition) is 2. The fourth-order valence-electron chi connectivity index (χ4n) is 2.43. The minimum absolute atomic E-state index is 0.0251. The van der Waals surface area contributed by atoms with Crippen LogP contribution < -0.4 is 11.1 Å². The lowest BCUT2D eigenvalue weighted by molar-refractivity contribution is -0.157. The molecule has 1 fully saturated rings. The van der Waals surface area contributed by atoms with Crippen LogP contribution in [0.4, 0.5) is 5.95 Å². The predicted octanol–water partition coefficient (Wildman–Crippen LogP) is -0.673. The third-order valence-electron chi connectivity index (χ3n) is 4.14. The van der Waals surface area contributed by atoms with Crippen LogP contribution in [0.2, 0.25) is 0 Å². The summed E-state index contributed by atoms with van der Waals surface area (Å²) in [6, 6.07) is -0.526. The predicted molar refractivity (Wildman–Crippen MR) is 124 cm³/mol. The van der Waals surface area contributed by atoms with Gasteiger partial charge in [-0.1, -0.05) is 0 Å². The zero-order valence-electron chi connectivity index (χ0n) is 21.1. The van der Waals surface area contributed by atoms with Gasteiger partial charge in [0, 0.05) is 14.1 Å². The molecule has 2 heterocycles. The molecule has 1 aliphatic heterocycles. The fraction of sp³-hybridized carbons (Fsp3) is 0.667. The molecule has 0 radical (unpaired) electrons. The normalized spacial score (nSPS) is 13.3. The molecule has 200 valence electrons. The summed E-state index contributed by atoms with van der Waals surface area (Å²) in [5.41, 5.74) is 5.79. The van der Waals surface area contributed by atoms with Crippen LogP contribution in [-0.2, 0) is 45.1 Å². The number of nitrogens with one attached hydrogen (secondary N) is 1. The zero-order chi connectivity index (χ0) is 26.8. The maximum Gasteiger partial charge on any atom is 0.356 e. The number of ether oxygens (including phenoxy) is 5. The van der Waals surface area contributed by atoms with Crippen molar-refractivity contribution < 1.29 is 42.9 Å². The van der Waals surface area contributed by atoms with Gasteiger partial charge in [-0.25, -0.2) is 9.78 Å². The number of nitrogen functional groups attached to an aromatic ring is 1. The van der Waals surface area contributed by atoms with Gasteiger partial charge in [-0.2, -0.15) is 0 Å². The number of esters is 3. The summed E-state index contributed by atoms with van der Waals surface area (Å²) in [5, 5.41) is 2.80. The van der Waals surface area contributed by atoms with Gasteiger partial charge in [-0.3, -0.25) is 14.4 Å². The second kappa shape index (κ2) is 18.1. The van der Waals surface area contributed by atoms with E-state index in [1.165, 1.54) is 22.7 Å². The van der Waals surface area contributed by atoms with Gasteiger partial charge in [0.2, 0.25) is 12.4 Å². The number of amides is 1. The Kier molecular flexibility index (Phi) is 16.5. The first-order valence-corrected chi connectivity index (χ1v) is 11.0. The number of rotatable bonds is 10. The van der Waals surface area contributed by atoms with Gasteiger partial charge < -0.3 is 44.2 Å². The van der Waals surface area contributed by atoms with E-state index in [4.69, 9.17) is 24.7 Å². The van der Waals surface area contributed by atoms with E-state index in [0.29, 0.717) is 51.1 Å². The van der Waals surface area contributed by atoms with Crippen molar-refractivity contribution in [1.82, 2.24) is 19.8 Å². The van der Waals surface area contributed by atoms with Gasteiger partial charge in [-0.05, 0) is 27.8 Å². The van der Waals surface area contributed by atoms with Gasteiger partial charge in [0.05, 0.1) is 39.2 Å². The quantitative estimate of drug-likeness (QED) is 0.234.